The molecule has 0 bridgehead atoms. The van der Waals surface area contributed by atoms with Gasteiger partial charge in [-0.1, -0.05) is 36.1 Å². The van der Waals surface area contributed by atoms with Crippen LogP contribution in [0.25, 0.3) is 0 Å². The zero-order valence-corrected chi connectivity index (χ0v) is 10.6. The number of carbonyl (C=O) groups is 1. The van der Waals surface area contributed by atoms with Gasteiger partial charge in [0.15, 0.2) is 0 Å². The highest BCUT2D eigenvalue weighted by atomic mass is 16.3. The van der Waals surface area contributed by atoms with E-state index in [9.17, 15) is 9.90 Å². The highest BCUT2D eigenvalue weighted by Crippen LogP contribution is 2.19. The van der Waals surface area contributed by atoms with Gasteiger partial charge in [-0.15, -0.1) is 0 Å². The molecule has 0 aliphatic carbocycles. The summed E-state index contributed by atoms with van der Waals surface area (Å²) in [6.07, 6.45) is 0. The number of aliphatic hydroxyl groups is 1. The molecule has 2 rings (SSSR count). The lowest BCUT2D eigenvalue weighted by atomic mass is 10.1. The molecule has 2 aromatic carbocycles. The summed E-state index contributed by atoms with van der Waals surface area (Å²) in [5.41, 5.74) is 1.32. The molecule has 0 spiro atoms. The topological polar surface area (TPSA) is 69.6 Å². The van der Waals surface area contributed by atoms with E-state index in [1.165, 1.54) is 12.1 Å². The third-order valence-electron chi connectivity index (χ3n) is 2.63. The number of carbonyl (C=O) groups excluding carboxylic acids is 1. The summed E-state index contributed by atoms with van der Waals surface area (Å²) in [7, 11) is 0. The Kier molecular flexibility index (Phi) is 4.38. The summed E-state index contributed by atoms with van der Waals surface area (Å²) in [6, 6.07) is 13.3. The molecule has 0 radical (unpaired) electrons. The Morgan fingerprint density at radius 1 is 1.10 bits per heavy atom. The van der Waals surface area contributed by atoms with Crippen LogP contribution in [0.1, 0.15) is 15.9 Å². The summed E-state index contributed by atoms with van der Waals surface area (Å²) in [4.78, 5) is 12.1. The minimum absolute atomic E-state index is 0.0797. The van der Waals surface area contributed by atoms with Gasteiger partial charge < -0.3 is 15.5 Å². The third-order valence-corrected chi connectivity index (χ3v) is 2.63. The molecule has 0 atom stereocenters. The van der Waals surface area contributed by atoms with Crippen molar-refractivity contribution >= 4 is 11.6 Å². The van der Waals surface area contributed by atoms with Crippen LogP contribution in [0, 0.1) is 11.8 Å². The normalized spacial score (nSPS) is 9.45. The van der Waals surface area contributed by atoms with E-state index in [-0.39, 0.29) is 17.9 Å². The van der Waals surface area contributed by atoms with E-state index in [0.29, 0.717) is 11.3 Å². The first-order valence-corrected chi connectivity index (χ1v) is 6.00. The third kappa shape index (κ3) is 3.16. The van der Waals surface area contributed by atoms with Gasteiger partial charge in [0, 0.05) is 5.56 Å². The monoisotopic (exact) mass is 267 g/mol. The van der Waals surface area contributed by atoms with Crippen LogP contribution in [-0.2, 0) is 0 Å². The first-order chi connectivity index (χ1) is 9.72. The predicted molar refractivity (Wildman–Crippen MR) is 76.5 cm³/mol. The molecule has 0 unspecified atom stereocenters. The Labute approximate surface area is 116 Å². The van der Waals surface area contributed by atoms with E-state index < -0.39 is 5.91 Å². The molecule has 3 N–H and O–H groups in total. The van der Waals surface area contributed by atoms with Crippen molar-refractivity contribution in [3.8, 4) is 17.6 Å². The van der Waals surface area contributed by atoms with Gasteiger partial charge in [0.25, 0.3) is 5.91 Å². The van der Waals surface area contributed by atoms with Crippen LogP contribution in [0.5, 0.6) is 5.75 Å². The average molecular weight is 267 g/mol. The first kappa shape index (κ1) is 13.7. The summed E-state index contributed by atoms with van der Waals surface area (Å²) in [5.74, 6) is 4.80. The van der Waals surface area contributed by atoms with Gasteiger partial charge in [-0.05, 0) is 24.3 Å². The lowest BCUT2D eigenvalue weighted by Crippen LogP contribution is -2.12. The van der Waals surface area contributed by atoms with Crippen molar-refractivity contribution in [2.24, 2.45) is 0 Å². The Morgan fingerprint density at radius 2 is 1.80 bits per heavy atom. The van der Waals surface area contributed by atoms with E-state index in [2.05, 4.69) is 17.2 Å². The largest absolute Gasteiger partial charge is 0.507 e. The van der Waals surface area contributed by atoms with Gasteiger partial charge in [0.1, 0.15) is 12.4 Å². The maximum atomic E-state index is 12.1. The van der Waals surface area contributed by atoms with E-state index >= 15 is 0 Å². The molecule has 0 heterocycles. The molecule has 1 amide bonds. The summed E-state index contributed by atoms with van der Waals surface area (Å²) in [5, 5.41) is 21.1. The number of aromatic hydroxyl groups is 1. The number of hydrogen-bond acceptors (Lipinski definition) is 3. The molecule has 4 nitrogen and oxygen atoms in total. The molecular formula is C16H13NO3. The highest BCUT2D eigenvalue weighted by molar-refractivity contribution is 6.06. The van der Waals surface area contributed by atoms with Gasteiger partial charge in [0.2, 0.25) is 0 Å². The summed E-state index contributed by atoms with van der Waals surface area (Å²) in [6.45, 7) is -0.248. The first-order valence-electron chi connectivity index (χ1n) is 6.00. The van der Waals surface area contributed by atoms with Crippen LogP contribution < -0.4 is 5.32 Å². The van der Waals surface area contributed by atoms with E-state index in [0.717, 1.165) is 0 Å². The molecule has 20 heavy (non-hydrogen) atoms. The summed E-state index contributed by atoms with van der Waals surface area (Å²) < 4.78 is 0. The average Bonchev–Trinajstić information content (AvgIpc) is 2.46. The molecule has 100 valence electrons. The maximum absolute atomic E-state index is 12.1. The fourth-order valence-electron chi connectivity index (χ4n) is 1.69. The Hall–Kier alpha value is -2.77. The molecule has 0 aliphatic heterocycles. The van der Waals surface area contributed by atoms with Gasteiger partial charge in [-0.2, -0.15) is 0 Å². The molecule has 0 aromatic heterocycles. The Bertz CT molecular complexity index is 683. The smallest absolute Gasteiger partial charge is 0.259 e. The number of phenolic OH excluding ortho intramolecular Hbond substituents is 1. The predicted octanol–water partition coefficient (Wildman–Crippen LogP) is 1.99. The second-order valence-electron chi connectivity index (χ2n) is 3.98. The Balaban J connectivity index is 2.27. The van der Waals surface area contributed by atoms with Crippen molar-refractivity contribution in [1.29, 1.82) is 0 Å². The minimum Gasteiger partial charge on any atom is -0.507 e. The number of rotatable bonds is 2. The molecule has 0 fully saturated rings. The van der Waals surface area contributed by atoms with Crippen molar-refractivity contribution in [3.05, 3.63) is 59.7 Å². The fourth-order valence-corrected chi connectivity index (χ4v) is 1.69. The maximum Gasteiger partial charge on any atom is 0.259 e. The van der Waals surface area contributed by atoms with Crippen LogP contribution in [0.3, 0.4) is 0 Å². The molecule has 0 aliphatic rings. The number of amides is 1. The van der Waals surface area contributed by atoms with Crippen LogP contribution in [-0.4, -0.2) is 22.7 Å². The van der Waals surface area contributed by atoms with Gasteiger partial charge in [0.05, 0.1) is 11.3 Å². The molecule has 2 aromatic rings. The minimum atomic E-state index is -0.415. The Morgan fingerprint density at radius 3 is 2.55 bits per heavy atom. The second kappa shape index (κ2) is 6.41. The van der Waals surface area contributed by atoms with E-state index in [1.807, 2.05) is 0 Å². The van der Waals surface area contributed by atoms with Crippen molar-refractivity contribution in [1.82, 2.24) is 0 Å². The summed E-state index contributed by atoms with van der Waals surface area (Å²) >= 11 is 0. The molecular weight excluding hydrogens is 254 g/mol. The number of benzene rings is 2. The van der Waals surface area contributed by atoms with Crippen LogP contribution in [0.15, 0.2) is 48.5 Å². The zero-order chi connectivity index (χ0) is 14.4. The van der Waals surface area contributed by atoms with Gasteiger partial charge in [-0.25, -0.2) is 0 Å². The van der Waals surface area contributed by atoms with Crippen molar-refractivity contribution in [2.45, 2.75) is 0 Å². The number of aliphatic hydroxyl groups excluding tert-OH is 1. The van der Waals surface area contributed by atoms with Crippen LogP contribution in [0.4, 0.5) is 5.69 Å². The second-order valence-corrected chi connectivity index (χ2v) is 3.98. The molecule has 0 saturated heterocycles. The van der Waals surface area contributed by atoms with Gasteiger partial charge >= 0.3 is 0 Å². The van der Waals surface area contributed by atoms with Crippen molar-refractivity contribution in [3.63, 3.8) is 0 Å². The fraction of sp³-hybridized carbons (Fsp3) is 0.0625. The lowest BCUT2D eigenvalue weighted by Gasteiger charge is -2.08. The quantitative estimate of drug-likeness (QED) is 0.729. The lowest BCUT2D eigenvalue weighted by molar-refractivity contribution is 0.102. The standard InChI is InChI=1S/C16H13NO3/c18-11-5-7-12-6-1-3-9-14(12)17-16(20)13-8-2-4-10-15(13)19/h1-4,6,8-10,18-19H,11H2,(H,17,20). The number of hydrogen-bond donors (Lipinski definition) is 3. The highest BCUT2D eigenvalue weighted by Gasteiger charge is 2.11. The van der Waals surface area contributed by atoms with E-state index in [4.69, 9.17) is 5.11 Å². The van der Waals surface area contributed by atoms with Crippen LogP contribution in [0.2, 0.25) is 0 Å². The number of nitrogens with one attached hydrogen (secondary N) is 1. The SMILES string of the molecule is O=C(Nc1ccccc1C#CCO)c1ccccc1O. The van der Waals surface area contributed by atoms with Crippen molar-refractivity contribution in [2.75, 3.05) is 11.9 Å². The number of phenols is 1. The van der Waals surface area contributed by atoms with Gasteiger partial charge in [-0.3, -0.25) is 4.79 Å². The zero-order valence-electron chi connectivity index (χ0n) is 10.6. The molecule has 0 saturated carbocycles. The van der Waals surface area contributed by atoms with E-state index in [1.54, 1.807) is 36.4 Å². The number of anilines is 1. The number of para-hydroxylation sites is 2. The molecule has 4 heteroatoms. The van der Waals surface area contributed by atoms with Crippen molar-refractivity contribution < 1.29 is 15.0 Å². The van der Waals surface area contributed by atoms with Crippen LogP contribution >= 0.6 is 0 Å².